The molecule has 0 bridgehead atoms. The Hall–Kier alpha value is -0.160. The van der Waals surface area contributed by atoms with Crippen LogP contribution in [0.5, 0.6) is 0 Å². The van der Waals surface area contributed by atoms with E-state index < -0.39 is 0 Å². The van der Waals surface area contributed by atoms with Crippen molar-refractivity contribution in [2.24, 2.45) is 11.3 Å². The predicted octanol–water partition coefficient (Wildman–Crippen LogP) is 1.45. The van der Waals surface area contributed by atoms with E-state index in [1.54, 1.807) is 7.11 Å². The highest BCUT2D eigenvalue weighted by molar-refractivity contribution is 4.84. The van der Waals surface area contributed by atoms with Crippen LogP contribution in [0.3, 0.4) is 0 Å². The maximum absolute atomic E-state index is 5.91. The van der Waals surface area contributed by atoms with Crippen LogP contribution in [-0.2, 0) is 14.2 Å². The monoisotopic (exact) mass is 257 g/mol. The molecule has 1 unspecified atom stereocenters. The fourth-order valence-electron chi connectivity index (χ4n) is 2.47. The van der Waals surface area contributed by atoms with Crippen LogP contribution in [0.15, 0.2) is 0 Å². The van der Waals surface area contributed by atoms with E-state index in [0.29, 0.717) is 0 Å². The summed E-state index contributed by atoms with van der Waals surface area (Å²) in [5, 5.41) is 3.47. The van der Waals surface area contributed by atoms with Gasteiger partial charge in [-0.25, -0.2) is 0 Å². The van der Waals surface area contributed by atoms with Gasteiger partial charge in [0, 0.05) is 38.8 Å². The molecule has 1 saturated carbocycles. The molecule has 1 aliphatic carbocycles. The van der Waals surface area contributed by atoms with E-state index >= 15 is 0 Å². The first kappa shape index (κ1) is 14.3. The van der Waals surface area contributed by atoms with Crippen molar-refractivity contribution in [3.63, 3.8) is 0 Å². The molecule has 1 N–H and O–H groups in total. The van der Waals surface area contributed by atoms with Crippen LogP contribution in [0, 0.1) is 11.3 Å². The normalized spacial score (nSPS) is 28.5. The van der Waals surface area contributed by atoms with Gasteiger partial charge < -0.3 is 19.5 Å². The Kier molecular flexibility index (Phi) is 5.89. The van der Waals surface area contributed by atoms with Gasteiger partial charge in [-0.2, -0.15) is 0 Å². The van der Waals surface area contributed by atoms with E-state index in [-0.39, 0.29) is 5.41 Å². The highest BCUT2D eigenvalue weighted by Gasteiger charge is 2.33. The molecule has 2 fully saturated rings. The molecule has 0 aromatic rings. The zero-order chi connectivity index (χ0) is 12.7. The molecule has 1 atom stereocenters. The van der Waals surface area contributed by atoms with Gasteiger partial charge in [0.15, 0.2) is 0 Å². The van der Waals surface area contributed by atoms with Gasteiger partial charge >= 0.3 is 0 Å². The SMILES string of the molecule is COCCNCC1(COCC2CC2)CCCOC1. The van der Waals surface area contributed by atoms with E-state index in [4.69, 9.17) is 14.2 Å². The van der Waals surface area contributed by atoms with E-state index in [1.807, 2.05) is 0 Å². The van der Waals surface area contributed by atoms with E-state index in [2.05, 4.69) is 5.32 Å². The Balaban J connectivity index is 1.69. The van der Waals surface area contributed by atoms with Gasteiger partial charge in [0.25, 0.3) is 0 Å². The third kappa shape index (κ3) is 4.84. The predicted molar refractivity (Wildman–Crippen MR) is 70.8 cm³/mol. The Labute approximate surface area is 110 Å². The molecule has 4 heteroatoms. The maximum Gasteiger partial charge on any atom is 0.0587 e. The maximum atomic E-state index is 5.91. The summed E-state index contributed by atoms with van der Waals surface area (Å²) >= 11 is 0. The van der Waals surface area contributed by atoms with Crippen molar-refractivity contribution >= 4 is 0 Å². The summed E-state index contributed by atoms with van der Waals surface area (Å²) in [6.45, 7) is 6.16. The summed E-state index contributed by atoms with van der Waals surface area (Å²) in [5.41, 5.74) is 0.181. The van der Waals surface area contributed by atoms with Crippen molar-refractivity contribution in [3.8, 4) is 0 Å². The van der Waals surface area contributed by atoms with Crippen LogP contribution in [0.4, 0.5) is 0 Å². The molecule has 0 aromatic heterocycles. The van der Waals surface area contributed by atoms with Crippen molar-refractivity contribution in [2.75, 3.05) is 53.2 Å². The van der Waals surface area contributed by atoms with Crippen LogP contribution in [-0.4, -0.2) is 53.2 Å². The van der Waals surface area contributed by atoms with E-state index in [1.165, 1.54) is 19.3 Å². The molecular weight excluding hydrogens is 230 g/mol. The van der Waals surface area contributed by atoms with E-state index in [0.717, 1.165) is 58.5 Å². The highest BCUT2D eigenvalue weighted by Crippen LogP contribution is 2.32. The minimum Gasteiger partial charge on any atom is -0.383 e. The second-order valence-electron chi connectivity index (χ2n) is 5.78. The quantitative estimate of drug-likeness (QED) is 0.635. The van der Waals surface area contributed by atoms with Gasteiger partial charge in [-0.1, -0.05) is 0 Å². The number of rotatable bonds is 9. The number of hydrogen-bond acceptors (Lipinski definition) is 4. The fraction of sp³-hybridized carbons (Fsp3) is 1.00. The summed E-state index contributed by atoms with van der Waals surface area (Å²) in [6.07, 6.45) is 5.07. The van der Waals surface area contributed by atoms with Gasteiger partial charge in [0.2, 0.25) is 0 Å². The van der Waals surface area contributed by atoms with Crippen molar-refractivity contribution in [1.29, 1.82) is 0 Å². The van der Waals surface area contributed by atoms with Gasteiger partial charge in [-0.15, -0.1) is 0 Å². The van der Waals surface area contributed by atoms with Gasteiger partial charge in [-0.05, 0) is 31.6 Å². The molecule has 4 nitrogen and oxygen atoms in total. The number of ether oxygens (including phenoxy) is 3. The zero-order valence-electron chi connectivity index (χ0n) is 11.6. The fourth-order valence-corrected chi connectivity index (χ4v) is 2.47. The van der Waals surface area contributed by atoms with Crippen molar-refractivity contribution < 1.29 is 14.2 Å². The topological polar surface area (TPSA) is 39.7 Å². The number of hydrogen-bond donors (Lipinski definition) is 1. The molecule has 2 aliphatic rings. The summed E-state index contributed by atoms with van der Waals surface area (Å²) < 4.78 is 16.6. The second kappa shape index (κ2) is 7.43. The standard InChI is InChI=1S/C14H27NO3/c1-16-8-6-15-10-14(5-2-7-17-11-14)12-18-9-13-3-4-13/h13,15H,2-12H2,1H3. The van der Waals surface area contributed by atoms with Gasteiger partial charge in [0.05, 0.1) is 19.8 Å². The molecule has 0 amide bonds. The zero-order valence-corrected chi connectivity index (χ0v) is 11.6. The summed E-state index contributed by atoms with van der Waals surface area (Å²) in [5.74, 6) is 0.841. The van der Waals surface area contributed by atoms with Crippen LogP contribution >= 0.6 is 0 Å². The lowest BCUT2D eigenvalue weighted by molar-refractivity contribution is -0.0598. The molecule has 0 spiro atoms. The van der Waals surface area contributed by atoms with Crippen LogP contribution in [0.1, 0.15) is 25.7 Å². The lowest BCUT2D eigenvalue weighted by Gasteiger charge is -2.37. The molecular formula is C14H27NO3. The van der Waals surface area contributed by atoms with Crippen molar-refractivity contribution in [3.05, 3.63) is 0 Å². The Morgan fingerprint density at radius 1 is 1.39 bits per heavy atom. The smallest absolute Gasteiger partial charge is 0.0587 e. The molecule has 1 aliphatic heterocycles. The summed E-state index contributed by atoms with van der Waals surface area (Å²) in [4.78, 5) is 0. The average Bonchev–Trinajstić information content (AvgIpc) is 3.20. The average molecular weight is 257 g/mol. The first-order valence-electron chi connectivity index (χ1n) is 7.20. The minimum atomic E-state index is 0.181. The molecule has 2 rings (SSSR count). The first-order valence-corrected chi connectivity index (χ1v) is 7.20. The summed E-state index contributed by atoms with van der Waals surface area (Å²) in [7, 11) is 1.74. The molecule has 106 valence electrons. The Bertz CT molecular complexity index is 225. The lowest BCUT2D eigenvalue weighted by atomic mass is 9.83. The van der Waals surface area contributed by atoms with Crippen molar-refractivity contribution in [2.45, 2.75) is 25.7 Å². The van der Waals surface area contributed by atoms with Gasteiger partial charge in [-0.3, -0.25) is 0 Å². The first-order chi connectivity index (χ1) is 8.85. The summed E-state index contributed by atoms with van der Waals surface area (Å²) in [6, 6.07) is 0. The Morgan fingerprint density at radius 2 is 2.28 bits per heavy atom. The molecule has 18 heavy (non-hydrogen) atoms. The second-order valence-corrected chi connectivity index (χ2v) is 5.78. The van der Waals surface area contributed by atoms with Crippen LogP contribution in [0.25, 0.3) is 0 Å². The van der Waals surface area contributed by atoms with Crippen LogP contribution in [0.2, 0.25) is 0 Å². The molecule has 0 radical (unpaired) electrons. The van der Waals surface area contributed by atoms with Crippen LogP contribution < -0.4 is 5.32 Å². The molecule has 1 heterocycles. The Morgan fingerprint density at radius 3 is 2.94 bits per heavy atom. The third-order valence-electron chi connectivity index (χ3n) is 3.85. The van der Waals surface area contributed by atoms with Crippen molar-refractivity contribution in [1.82, 2.24) is 5.32 Å². The highest BCUT2D eigenvalue weighted by atomic mass is 16.5. The van der Waals surface area contributed by atoms with Gasteiger partial charge in [0.1, 0.15) is 0 Å². The number of methoxy groups -OCH3 is 1. The number of nitrogens with one attached hydrogen (secondary N) is 1. The third-order valence-corrected chi connectivity index (χ3v) is 3.85. The van der Waals surface area contributed by atoms with E-state index in [9.17, 15) is 0 Å². The molecule has 0 aromatic carbocycles. The molecule has 1 saturated heterocycles. The lowest BCUT2D eigenvalue weighted by Crippen LogP contribution is -2.45. The minimum absolute atomic E-state index is 0.181. The largest absolute Gasteiger partial charge is 0.383 e.